The zero-order valence-corrected chi connectivity index (χ0v) is 12.5. The van der Waals surface area contributed by atoms with Gasteiger partial charge in [0.1, 0.15) is 5.75 Å². The summed E-state index contributed by atoms with van der Waals surface area (Å²) in [7, 11) is 5.06. The number of nitrogens with zero attached hydrogens (tertiary/aromatic N) is 1. The maximum absolute atomic E-state index is 12.0. The number of methoxy groups -OCH3 is 2. The number of ether oxygens (including phenoxy) is 2. The van der Waals surface area contributed by atoms with Crippen LogP contribution in [0.2, 0.25) is 0 Å². The smallest absolute Gasteiger partial charge is 0.238 e. The molecule has 0 aromatic heterocycles. The summed E-state index contributed by atoms with van der Waals surface area (Å²) in [6, 6.07) is 5.28. The summed E-state index contributed by atoms with van der Waals surface area (Å²) in [5, 5.41) is 2.81. The lowest BCUT2D eigenvalue weighted by Gasteiger charge is -2.23. The maximum Gasteiger partial charge on any atom is 0.238 e. The van der Waals surface area contributed by atoms with Crippen molar-refractivity contribution in [2.24, 2.45) is 0 Å². The molecule has 0 spiro atoms. The fraction of sp³-hybridized carbons (Fsp3) is 0.500. The number of benzene rings is 1. The van der Waals surface area contributed by atoms with E-state index in [9.17, 15) is 4.79 Å². The van der Waals surface area contributed by atoms with E-state index in [0.717, 1.165) is 0 Å². The molecule has 0 saturated carbocycles. The second kappa shape index (κ2) is 7.72. The molecule has 0 aliphatic carbocycles. The Morgan fingerprint density at radius 2 is 2.15 bits per heavy atom. The molecule has 6 nitrogen and oxygen atoms in total. The van der Waals surface area contributed by atoms with Crippen LogP contribution in [0.1, 0.15) is 6.92 Å². The van der Waals surface area contributed by atoms with E-state index in [1.165, 1.54) is 7.11 Å². The summed E-state index contributed by atoms with van der Waals surface area (Å²) < 4.78 is 10.3. The first-order chi connectivity index (χ1) is 9.47. The highest BCUT2D eigenvalue weighted by Crippen LogP contribution is 2.26. The third kappa shape index (κ3) is 4.71. The normalized spacial score (nSPS) is 12.2. The molecule has 1 amide bonds. The average Bonchev–Trinajstić information content (AvgIpc) is 2.40. The van der Waals surface area contributed by atoms with Gasteiger partial charge in [-0.1, -0.05) is 0 Å². The summed E-state index contributed by atoms with van der Waals surface area (Å²) in [5.41, 5.74) is 6.87. The number of hydrogen-bond donors (Lipinski definition) is 2. The van der Waals surface area contributed by atoms with Crippen LogP contribution in [0, 0.1) is 0 Å². The predicted molar refractivity (Wildman–Crippen MR) is 80.0 cm³/mol. The molecule has 1 aromatic rings. The summed E-state index contributed by atoms with van der Waals surface area (Å²) in [4.78, 5) is 13.9. The SMILES string of the molecule is COCC(C)N(C)CC(=O)Nc1ccc(N)cc1OC. The van der Waals surface area contributed by atoms with E-state index < -0.39 is 0 Å². The standard InChI is InChI=1S/C14H23N3O3/c1-10(9-19-3)17(2)8-14(18)16-12-6-5-11(15)7-13(12)20-4/h5-7,10H,8-9,15H2,1-4H3,(H,16,18). The number of nitrogens with one attached hydrogen (secondary N) is 1. The van der Waals surface area contributed by atoms with Crippen molar-refractivity contribution < 1.29 is 14.3 Å². The fourth-order valence-electron chi connectivity index (χ4n) is 1.75. The number of likely N-dealkylation sites (N-methyl/N-ethyl adjacent to an activating group) is 1. The van der Waals surface area contributed by atoms with Crippen LogP contribution >= 0.6 is 0 Å². The number of nitrogen functional groups attached to an aromatic ring is 1. The Kier molecular flexibility index (Phi) is 6.27. The first kappa shape index (κ1) is 16.3. The molecule has 0 aliphatic heterocycles. The van der Waals surface area contributed by atoms with Gasteiger partial charge in [-0.2, -0.15) is 0 Å². The van der Waals surface area contributed by atoms with Crippen molar-refractivity contribution in [2.75, 3.05) is 45.5 Å². The second-order valence-corrected chi connectivity index (χ2v) is 4.73. The number of nitrogens with two attached hydrogens (primary N) is 1. The zero-order valence-electron chi connectivity index (χ0n) is 12.5. The van der Waals surface area contributed by atoms with Gasteiger partial charge in [0.05, 0.1) is 25.9 Å². The number of anilines is 2. The Hall–Kier alpha value is -1.79. The highest BCUT2D eigenvalue weighted by Gasteiger charge is 2.14. The van der Waals surface area contributed by atoms with Crippen LogP contribution in [0.3, 0.4) is 0 Å². The fourth-order valence-corrected chi connectivity index (χ4v) is 1.75. The van der Waals surface area contributed by atoms with E-state index in [1.807, 2.05) is 18.9 Å². The van der Waals surface area contributed by atoms with Crippen molar-refractivity contribution in [3.8, 4) is 5.75 Å². The molecule has 1 aromatic carbocycles. The number of hydrogen-bond acceptors (Lipinski definition) is 5. The molecule has 3 N–H and O–H groups in total. The van der Waals surface area contributed by atoms with E-state index in [-0.39, 0.29) is 18.5 Å². The third-order valence-electron chi connectivity index (χ3n) is 3.05. The van der Waals surface area contributed by atoms with E-state index in [4.69, 9.17) is 15.2 Å². The van der Waals surface area contributed by atoms with Gasteiger partial charge in [-0.05, 0) is 26.1 Å². The summed E-state index contributed by atoms with van der Waals surface area (Å²) in [5.74, 6) is 0.435. The molecule has 1 atom stereocenters. The number of rotatable bonds is 7. The molecule has 0 saturated heterocycles. The van der Waals surface area contributed by atoms with Gasteiger partial charge >= 0.3 is 0 Å². The van der Waals surface area contributed by atoms with Crippen LogP contribution in [0.15, 0.2) is 18.2 Å². The third-order valence-corrected chi connectivity index (χ3v) is 3.05. The largest absolute Gasteiger partial charge is 0.494 e. The van der Waals surface area contributed by atoms with Crippen molar-refractivity contribution in [3.63, 3.8) is 0 Å². The molecule has 0 radical (unpaired) electrons. The molecule has 1 unspecified atom stereocenters. The minimum Gasteiger partial charge on any atom is -0.494 e. The van der Waals surface area contributed by atoms with Crippen LogP contribution in [0.4, 0.5) is 11.4 Å². The van der Waals surface area contributed by atoms with Crippen molar-refractivity contribution in [3.05, 3.63) is 18.2 Å². The second-order valence-electron chi connectivity index (χ2n) is 4.73. The average molecular weight is 281 g/mol. The van der Waals surface area contributed by atoms with E-state index in [2.05, 4.69) is 5.32 Å². The highest BCUT2D eigenvalue weighted by molar-refractivity contribution is 5.94. The van der Waals surface area contributed by atoms with Crippen molar-refractivity contribution >= 4 is 17.3 Å². The maximum atomic E-state index is 12.0. The van der Waals surface area contributed by atoms with Gasteiger partial charge < -0.3 is 20.5 Å². The monoisotopic (exact) mass is 281 g/mol. The molecule has 112 valence electrons. The number of carbonyl (C=O) groups is 1. The van der Waals surface area contributed by atoms with Crippen LogP contribution < -0.4 is 15.8 Å². The minimum atomic E-state index is -0.112. The molecule has 0 bridgehead atoms. The quantitative estimate of drug-likeness (QED) is 0.734. The number of carbonyl (C=O) groups excluding carboxylic acids is 1. The Labute approximate surface area is 119 Å². The van der Waals surface area contributed by atoms with Gasteiger partial charge in [0, 0.05) is 24.9 Å². The van der Waals surface area contributed by atoms with Gasteiger partial charge in [-0.3, -0.25) is 9.69 Å². The summed E-state index contributed by atoms with van der Waals surface area (Å²) >= 11 is 0. The minimum absolute atomic E-state index is 0.112. The van der Waals surface area contributed by atoms with Gasteiger partial charge in [-0.25, -0.2) is 0 Å². The van der Waals surface area contributed by atoms with Crippen LogP contribution in [0.25, 0.3) is 0 Å². The van der Waals surface area contributed by atoms with Gasteiger partial charge in [0.15, 0.2) is 0 Å². The molecule has 0 heterocycles. The summed E-state index contributed by atoms with van der Waals surface area (Å²) in [6.07, 6.45) is 0. The van der Waals surface area contributed by atoms with Crippen molar-refractivity contribution in [1.29, 1.82) is 0 Å². The van der Waals surface area contributed by atoms with E-state index in [1.54, 1.807) is 25.3 Å². The van der Waals surface area contributed by atoms with Crippen molar-refractivity contribution in [2.45, 2.75) is 13.0 Å². The molecule has 0 fully saturated rings. The lowest BCUT2D eigenvalue weighted by molar-refractivity contribution is -0.117. The summed E-state index contributed by atoms with van der Waals surface area (Å²) in [6.45, 7) is 2.85. The van der Waals surface area contributed by atoms with Crippen LogP contribution in [0.5, 0.6) is 5.75 Å². The van der Waals surface area contributed by atoms with Crippen LogP contribution in [-0.4, -0.2) is 51.3 Å². The molecule has 6 heteroatoms. The predicted octanol–water partition coefficient (Wildman–Crippen LogP) is 1.18. The van der Waals surface area contributed by atoms with Crippen molar-refractivity contribution in [1.82, 2.24) is 4.90 Å². The number of amides is 1. The zero-order chi connectivity index (χ0) is 15.1. The lowest BCUT2D eigenvalue weighted by Crippen LogP contribution is -2.38. The van der Waals surface area contributed by atoms with E-state index in [0.29, 0.717) is 23.7 Å². The topological polar surface area (TPSA) is 76.8 Å². The Morgan fingerprint density at radius 1 is 1.45 bits per heavy atom. The highest BCUT2D eigenvalue weighted by atomic mass is 16.5. The van der Waals surface area contributed by atoms with Gasteiger partial charge in [0.25, 0.3) is 0 Å². The molecule has 20 heavy (non-hydrogen) atoms. The first-order valence-electron chi connectivity index (χ1n) is 6.40. The van der Waals surface area contributed by atoms with E-state index >= 15 is 0 Å². The Morgan fingerprint density at radius 3 is 2.75 bits per heavy atom. The van der Waals surface area contributed by atoms with Crippen LogP contribution in [-0.2, 0) is 9.53 Å². The van der Waals surface area contributed by atoms with Gasteiger partial charge in [-0.15, -0.1) is 0 Å². The first-order valence-corrected chi connectivity index (χ1v) is 6.40. The molecular formula is C14H23N3O3. The molecule has 0 aliphatic rings. The van der Waals surface area contributed by atoms with Gasteiger partial charge in [0.2, 0.25) is 5.91 Å². The molecule has 1 rings (SSSR count). The Bertz CT molecular complexity index is 451. The molecular weight excluding hydrogens is 258 g/mol. The Balaban J connectivity index is 2.62. The lowest BCUT2D eigenvalue weighted by atomic mass is 10.2.